The molecule has 1 saturated heterocycles. The molecule has 1 aliphatic rings. The number of halogens is 1. The van der Waals surface area contributed by atoms with Crippen molar-refractivity contribution in [2.24, 2.45) is 0 Å². The number of carbonyl (C=O) groups is 2. The molecule has 0 amide bonds. The Morgan fingerprint density at radius 2 is 1.92 bits per heavy atom. The first-order valence-electron chi connectivity index (χ1n) is 7.93. The van der Waals surface area contributed by atoms with Crippen LogP contribution in [0.15, 0.2) is 40.6 Å². The number of hydrogen-bond acceptors (Lipinski definition) is 6. The summed E-state index contributed by atoms with van der Waals surface area (Å²) in [7, 11) is -3.68. The standard InChI is InChI=1S/C17H16ClNO5S2/c18-14-6-5-12(26(22,23)19-7-1-2-8-19)10-13(14)17(21)24-11-15(20)16-4-3-9-25-16/h3-6,9-10H,1-2,7-8,11H2. The third kappa shape index (κ3) is 3.98. The van der Waals surface area contributed by atoms with E-state index in [1.54, 1.807) is 17.5 Å². The number of ketones is 1. The molecule has 1 aromatic carbocycles. The zero-order valence-corrected chi connectivity index (χ0v) is 16.1. The summed E-state index contributed by atoms with van der Waals surface area (Å²) in [5.74, 6) is -1.16. The average Bonchev–Trinajstić information content (AvgIpc) is 3.33. The van der Waals surface area contributed by atoms with Crippen LogP contribution >= 0.6 is 22.9 Å². The molecule has 3 rings (SSSR count). The molecule has 0 N–H and O–H groups in total. The van der Waals surface area contributed by atoms with Crippen LogP contribution in [0.2, 0.25) is 5.02 Å². The molecule has 0 unspecified atom stereocenters. The molecule has 138 valence electrons. The molecule has 0 atom stereocenters. The largest absolute Gasteiger partial charge is 0.454 e. The van der Waals surface area contributed by atoms with Crippen LogP contribution in [-0.2, 0) is 14.8 Å². The molecule has 2 heterocycles. The molecule has 0 bridgehead atoms. The minimum absolute atomic E-state index is 0.0136. The average molecular weight is 414 g/mol. The number of sulfonamides is 1. The molecule has 0 spiro atoms. The van der Waals surface area contributed by atoms with Crippen molar-refractivity contribution in [3.8, 4) is 0 Å². The van der Waals surface area contributed by atoms with Gasteiger partial charge in [0.2, 0.25) is 15.8 Å². The first-order valence-corrected chi connectivity index (χ1v) is 10.6. The number of ether oxygens (including phenoxy) is 1. The van der Waals surface area contributed by atoms with Gasteiger partial charge in [-0.25, -0.2) is 13.2 Å². The van der Waals surface area contributed by atoms with Crippen LogP contribution in [-0.4, -0.2) is 44.2 Å². The summed E-state index contributed by atoms with van der Waals surface area (Å²) in [6, 6.07) is 7.28. The molecular weight excluding hydrogens is 398 g/mol. The van der Waals surface area contributed by atoms with Crippen molar-refractivity contribution < 1.29 is 22.7 Å². The van der Waals surface area contributed by atoms with Crippen molar-refractivity contribution in [2.45, 2.75) is 17.7 Å². The molecule has 0 radical (unpaired) electrons. The summed E-state index contributed by atoms with van der Waals surface area (Å²) in [5, 5.41) is 1.82. The number of rotatable bonds is 6. The molecular formula is C17H16ClNO5S2. The van der Waals surface area contributed by atoms with Gasteiger partial charge < -0.3 is 4.74 Å². The summed E-state index contributed by atoms with van der Waals surface area (Å²) in [6.45, 7) is 0.485. The third-order valence-electron chi connectivity index (χ3n) is 3.99. The van der Waals surface area contributed by atoms with Crippen LogP contribution in [0.1, 0.15) is 32.9 Å². The molecule has 6 nitrogen and oxygen atoms in total. The van der Waals surface area contributed by atoms with Crippen molar-refractivity contribution in [3.63, 3.8) is 0 Å². The monoisotopic (exact) mass is 413 g/mol. The Balaban J connectivity index is 1.77. The third-order valence-corrected chi connectivity index (χ3v) is 7.13. The van der Waals surface area contributed by atoms with E-state index in [-0.39, 0.29) is 21.3 Å². The number of nitrogens with zero attached hydrogens (tertiary/aromatic N) is 1. The van der Waals surface area contributed by atoms with Crippen molar-refractivity contribution in [3.05, 3.63) is 51.2 Å². The maximum absolute atomic E-state index is 12.6. The lowest BCUT2D eigenvalue weighted by Crippen LogP contribution is -2.28. The first kappa shape index (κ1) is 19.0. The topological polar surface area (TPSA) is 80.8 Å². The summed E-state index contributed by atoms with van der Waals surface area (Å²) >= 11 is 7.27. The number of thiophene rings is 1. The predicted octanol–water partition coefficient (Wildman–Crippen LogP) is 3.23. The zero-order valence-electron chi connectivity index (χ0n) is 13.7. The summed E-state index contributed by atoms with van der Waals surface area (Å²) in [4.78, 5) is 24.7. The van der Waals surface area contributed by atoms with Crippen molar-refractivity contribution >= 4 is 44.7 Å². The van der Waals surface area contributed by atoms with E-state index in [1.165, 1.54) is 33.8 Å². The smallest absolute Gasteiger partial charge is 0.340 e. The molecule has 26 heavy (non-hydrogen) atoms. The minimum atomic E-state index is -3.68. The van der Waals surface area contributed by atoms with E-state index in [0.717, 1.165) is 12.8 Å². The normalized spacial score (nSPS) is 15.1. The minimum Gasteiger partial charge on any atom is -0.454 e. The fraction of sp³-hybridized carbons (Fsp3) is 0.294. The van der Waals surface area contributed by atoms with Gasteiger partial charge in [0.05, 0.1) is 20.4 Å². The Morgan fingerprint density at radius 3 is 2.58 bits per heavy atom. The van der Waals surface area contributed by atoms with Gasteiger partial charge in [0, 0.05) is 13.1 Å². The lowest BCUT2D eigenvalue weighted by molar-refractivity contribution is 0.0475. The van der Waals surface area contributed by atoms with Crippen LogP contribution in [0.3, 0.4) is 0 Å². The SMILES string of the molecule is O=C(COC(=O)c1cc(S(=O)(=O)N2CCCC2)ccc1Cl)c1cccs1. The molecule has 1 fully saturated rings. The highest BCUT2D eigenvalue weighted by molar-refractivity contribution is 7.89. The highest BCUT2D eigenvalue weighted by atomic mass is 35.5. The summed E-state index contributed by atoms with van der Waals surface area (Å²) in [5.41, 5.74) is -0.0779. The van der Waals surface area contributed by atoms with Gasteiger partial charge in [-0.1, -0.05) is 17.7 Å². The molecule has 9 heteroatoms. The quantitative estimate of drug-likeness (QED) is 0.536. The molecule has 1 aromatic heterocycles. The summed E-state index contributed by atoms with van der Waals surface area (Å²) < 4.78 is 31.6. The highest BCUT2D eigenvalue weighted by Crippen LogP contribution is 2.26. The molecule has 0 saturated carbocycles. The Kier molecular flexibility index (Phi) is 5.76. The number of Topliss-reactive ketones (excluding diaryl/α,β-unsaturated/α-hetero) is 1. The highest BCUT2D eigenvalue weighted by Gasteiger charge is 2.28. The van der Waals surface area contributed by atoms with E-state index in [0.29, 0.717) is 18.0 Å². The van der Waals surface area contributed by atoms with E-state index < -0.39 is 22.6 Å². The van der Waals surface area contributed by atoms with Gasteiger partial charge in [-0.3, -0.25) is 4.79 Å². The van der Waals surface area contributed by atoms with Gasteiger partial charge in [0.15, 0.2) is 6.61 Å². The van der Waals surface area contributed by atoms with Gasteiger partial charge in [0.25, 0.3) is 0 Å². The molecule has 0 aliphatic carbocycles. The second-order valence-electron chi connectivity index (χ2n) is 5.73. The Labute approximate surface area is 160 Å². The lowest BCUT2D eigenvalue weighted by atomic mass is 10.2. The second kappa shape index (κ2) is 7.87. The maximum Gasteiger partial charge on any atom is 0.340 e. The zero-order chi connectivity index (χ0) is 18.7. The van der Waals surface area contributed by atoms with Gasteiger partial charge >= 0.3 is 5.97 Å². The van der Waals surface area contributed by atoms with E-state index in [4.69, 9.17) is 16.3 Å². The van der Waals surface area contributed by atoms with Crippen molar-refractivity contribution in [1.82, 2.24) is 4.31 Å². The van der Waals surface area contributed by atoms with Crippen LogP contribution in [0.5, 0.6) is 0 Å². The van der Waals surface area contributed by atoms with Gasteiger partial charge in [-0.05, 0) is 42.5 Å². The molecule has 1 aliphatic heterocycles. The molecule has 2 aromatic rings. The van der Waals surface area contributed by atoms with Crippen molar-refractivity contribution in [1.29, 1.82) is 0 Å². The fourth-order valence-electron chi connectivity index (χ4n) is 2.62. The Bertz CT molecular complexity index is 919. The predicted molar refractivity (Wildman–Crippen MR) is 98.4 cm³/mol. The van der Waals surface area contributed by atoms with E-state index in [2.05, 4.69) is 0 Å². The van der Waals surface area contributed by atoms with Crippen molar-refractivity contribution in [2.75, 3.05) is 19.7 Å². The van der Waals surface area contributed by atoms with Crippen LogP contribution < -0.4 is 0 Å². The van der Waals surface area contributed by atoms with Gasteiger partial charge in [-0.15, -0.1) is 11.3 Å². The summed E-state index contributed by atoms with van der Waals surface area (Å²) in [6.07, 6.45) is 1.62. The van der Waals surface area contributed by atoms with Gasteiger partial charge in [0.1, 0.15) is 0 Å². The van der Waals surface area contributed by atoms with E-state index in [9.17, 15) is 18.0 Å². The first-order chi connectivity index (χ1) is 12.4. The number of carbonyl (C=O) groups excluding carboxylic acids is 2. The van der Waals surface area contributed by atoms with Crippen LogP contribution in [0, 0.1) is 0 Å². The van der Waals surface area contributed by atoms with Crippen LogP contribution in [0.4, 0.5) is 0 Å². The Morgan fingerprint density at radius 1 is 1.19 bits per heavy atom. The second-order valence-corrected chi connectivity index (χ2v) is 9.02. The van der Waals surface area contributed by atoms with E-state index in [1.807, 2.05) is 0 Å². The number of esters is 1. The Hall–Kier alpha value is -1.74. The number of benzene rings is 1. The number of hydrogen-bond donors (Lipinski definition) is 0. The van der Waals surface area contributed by atoms with E-state index >= 15 is 0 Å². The maximum atomic E-state index is 12.6. The lowest BCUT2D eigenvalue weighted by Gasteiger charge is -2.16. The fourth-order valence-corrected chi connectivity index (χ4v) is 5.01. The van der Waals surface area contributed by atoms with Crippen LogP contribution in [0.25, 0.3) is 0 Å². The van der Waals surface area contributed by atoms with Gasteiger partial charge in [-0.2, -0.15) is 4.31 Å².